The van der Waals surface area contributed by atoms with Gasteiger partial charge in [-0.25, -0.2) is 4.99 Å². The van der Waals surface area contributed by atoms with Gasteiger partial charge >= 0.3 is 6.61 Å². The molecule has 6 nitrogen and oxygen atoms in total. The van der Waals surface area contributed by atoms with Crippen molar-refractivity contribution in [2.45, 2.75) is 26.5 Å². The Balaban J connectivity index is 2.00. The second-order valence-electron chi connectivity index (χ2n) is 6.47. The van der Waals surface area contributed by atoms with Crippen molar-refractivity contribution in [3.8, 4) is 5.75 Å². The smallest absolute Gasteiger partial charge is 0.387 e. The normalized spacial score (nSPS) is 17.4. The molecular formula is C19H28ClF2N3O3. The Morgan fingerprint density at radius 3 is 2.93 bits per heavy atom. The Bertz CT molecular complexity index is 634. The molecule has 28 heavy (non-hydrogen) atoms. The second-order valence-corrected chi connectivity index (χ2v) is 6.91. The van der Waals surface area contributed by atoms with E-state index in [2.05, 4.69) is 19.9 Å². The molecule has 1 aliphatic heterocycles. The monoisotopic (exact) mass is 419 g/mol. The molecule has 1 aromatic rings. The van der Waals surface area contributed by atoms with Crippen molar-refractivity contribution in [1.82, 2.24) is 10.2 Å². The van der Waals surface area contributed by atoms with Gasteiger partial charge in [-0.2, -0.15) is 8.78 Å². The number of halogens is 3. The van der Waals surface area contributed by atoms with Gasteiger partial charge in [0.1, 0.15) is 5.75 Å². The highest BCUT2D eigenvalue weighted by Gasteiger charge is 2.25. The zero-order valence-corrected chi connectivity index (χ0v) is 17.1. The van der Waals surface area contributed by atoms with Crippen LogP contribution in [0.4, 0.5) is 8.78 Å². The molecule has 0 aliphatic carbocycles. The lowest BCUT2D eigenvalue weighted by atomic mass is 10.1. The second kappa shape index (κ2) is 12.0. The number of nitrogens with zero attached hydrogens (tertiary/aromatic N) is 2. The number of hydrogen-bond donors (Lipinski definition) is 1. The van der Waals surface area contributed by atoms with Gasteiger partial charge in [0.2, 0.25) is 0 Å². The van der Waals surface area contributed by atoms with E-state index < -0.39 is 6.61 Å². The van der Waals surface area contributed by atoms with Crippen LogP contribution in [0, 0.1) is 5.92 Å². The average Bonchev–Trinajstić information content (AvgIpc) is 3.12. The molecule has 1 aliphatic rings. The lowest BCUT2D eigenvalue weighted by Gasteiger charge is -2.22. The van der Waals surface area contributed by atoms with Gasteiger partial charge in [0.25, 0.3) is 0 Å². The molecule has 2 rings (SSSR count). The summed E-state index contributed by atoms with van der Waals surface area (Å²) in [5, 5.41) is 3.71. The Kier molecular flexibility index (Phi) is 9.73. The third-order valence-electron chi connectivity index (χ3n) is 4.34. The molecule has 0 amide bonds. The highest BCUT2D eigenvalue weighted by molar-refractivity contribution is 6.30. The molecule has 0 bridgehead atoms. The molecule has 0 saturated carbocycles. The summed E-state index contributed by atoms with van der Waals surface area (Å²) >= 11 is 6.01. The summed E-state index contributed by atoms with van der Waals surface area (Å²) in [7, 11) is 1.65. The van der Waals surface area contributed by atoms with Crippen LogP contribution in [0.2, 0.25) is 5.02 Å². The van der Waals surface area contributed by atoms with Crippen LogP contribution in [0.5, 0.6) is 5.75 Å². The number of alkyl halides is 2. The third-order valence-corrected chi connectivity index (χ3v) is 4.58. The van der Waals surface area contributed by atoms with Gasteiger partial charge in [-0.1, -0.05) is 11.6 Å². The van der Waals surface area contributed by atoms with Crippen LogP contribution in [-0.2, 0) is 16.0 Å². The van der Waals surface area contributed by atoms with Crippen LogP contribution < -0.4 is 10.1 Å². The molecule has 1 atom stereocenters. The number of guanidine groups is 1. The Morgan fingerprint density at radius 1 is 1.39 bits per heavy atom. The van der Waals surface area contributed by atoms with Crippen molar-refractivity contribution in [1.29, 1.82) is 0 Å². The molecule has 0 aromatic heterocycles. The summed E-state index contributed by atoms with van der Waals surface area (Å²) < 4.78 is 40.4. The maximum atomic E-state index is 12.6. The van der Waals surface area contributed by atoms with Crippen molar-refractivity contribution in [3.05, 3.63) is 28.8 Å². The van der Waals surface area contributed by atoms with E-state index in [0.29, 0.717) is 42.9 Å². The van der Waals surface area contributed by atoms with E-state index in [1.165, 1.54) is 12.1 Å². The molecule has 1 heterocycles. The van der Waals surface area contributed by atoms with Crippen molar-refractivity contribution >= 4 is 17.6 Å². The standard InChI is InChI=1S/C19H28ClF2N3O3/c1-3-23-19(25-7-6-14(12-25)13-27-9-8-26-2)24-11-15-10-16(20)4-5-17(15)28-18(21)22/h4-5,10,14,18H,3,6-9,11-13H2,1-2H3,(H,23,24). The Labute approximate surface area is 169 Å². The fourth-order valence-electron chi connectivity index (χ4n) is 3.02. The third kappa shape index (κ3) is 7.41. The first-order chi connectivity index (χ1) is 13.5. The van der Waals surface area contributed by atoms with Gasteiger partial charge in [-0.15, -0.1) is 0 Å². The van der Waals surface area contributed by atoms with E-state index in [1.54, 1.807) is 13.2 Å². The van der Waals surface area contributed by atoms with E-state index in [0.717, 1.165) is 25.5 Å². The minimum Gasteiger partial charge on any atom is -0.434 e. The molecule has 1 unspecified atom stereocenters. The van der Waals surface area contributed by atoms with Crippen molar-refractivity contribution in [3.63, 3.8) is 0 Å². The topological polar surface area (TPSA) is 55.3 Å². The maximum Gasteiger partial charge on any atom is 0.387 e. The van der Waals surface area contributed by atoms with E-state index >= 15 is 0 Å². The number of likely N-dealkylation sites (tertiary alicyclic amines) is 1. The molecule has 1 saturated heterocycles. The molecule has 0 spiro atoms. The predicted octanol–water partition coefficient (Wildman–Crippen LogP) is 3.39. The Hall–Kier alpha value is -1.64. The maximum absolute atomic E-state index is 12.6. The number of ether oxygens (including phenoxy) is 3. The van der Waals surface area contributed by atoms with Gasteiger partial charge in [0, 0.05) is 43.2 Å². The molecule has 9 heteroatoms. The summed E-state index contributed by atoms with van der Waals surface area (Å²) in [6.07, 6.45) is 1.01. The van der Waals surface area contributed by atoms with Gasteiger partial charge in [0.15, 0.2) is 5.96 Å². The van der Waals surface area contributed by atoms with E-state index in [4.69, 9.17) is 21.1 Å². The van der Waals surface area contributed by atoms with Crippen LogP contribution in [0.1, 0.15) is 18.9 Å². The number of benzene rings is 1. The number of methoxy groups -OCH3 is 1. The highest BCUT2D eigenvalue weighted by atomic mass is 35.5. The summed E-state index contributed by atoms with van der Waals surface area (Å²) in [6, 6.07) is 4.56. The molecule has 1 fully saturated rings. The largest absolute Gasteiger partial charge is 0.434 e. The molecule has 1 aromatic carbocycles. The summed E-state index contributed by atoms with van der Waals surface area (Å²) in [5.41, 5.74) is 0.516. The minimum absolute atomic E-state index is 0.0878. The molecule has 1 N–H and O–H groups in total. The SMILES string of the molecule is CCNC(=NCc1cc(Cl)ccc1OC(F)F)N1CCC(COCCOC)C1. The van der Waals surface area contributed by atoms with E-state index in [-0.39, 0.29) is 12.3 Å². The summed E-state index contributed by atoms with van der Waals surface area (Å²) in [6.45, 7) is 3.54. The average molecular weight is 420 g/mol. The summed E-state index contributed by atoms with van der Waals surface area (Å²) in [5.74, 6) is 1.25. The Morgan fingerprint density at radius 2 is 2.21 bits per heavy atom. The molecule has 158 valence electrons. The zero-order chi connectivity index (χ0) is 20.4. The van der Waals surface area contributed by atoms with Gasteiger partial charge in [-0.05, 0) is 31.5 Å². The number of hydrogen-bond acceptors (Lipinski definition) is 4. The fourth-order valence-corrected chi connectivity index (χ4v) is 3.22. The molecular weight excluding hydrogens is 392 g/mol. The van der Waals surface area contributed by atoms with Crippen LogP contribution >= 0.6 is 11.6 Å². The fraction of sp³-hybridized carbons (Fsp3) is 0.632. The first-order valence-corrected chi connectivity index (χ1v) is 9.74. The lowest BCUT2D eigenvalue weighted by Crippen LogP contribution is -2.40. The minimum atomic E-state index is -2.89. The van der Waals surface area contributed by atoms with E-state index in [9.17, 15) is 8.78 Å². The highest BCUT2D eigenvalue weighted by Crippen LogP contribution is 2.25. The first kappa shape index (κ1) is 22.6. The lowest BCUT2D eigenvalue weighted by molar-refractivity contribution is -0.0504. The van der Waals surface area contributed by atoms with Crippen molar-refractivity contribution < 1.29 is 23.0 Å². The predicted molar refractivity (Wildman–Crippen MR) is 105 cm³/mol. The van der Waals surface area contributed by atoms with Crippen LogP contribution in [0.3, 0.4) is 0 Å². The van der Waals surface area contributed by atoms with Crippen molar-refractivity contribution in [2.75, 3.05) is 46.6 Å². The summed E-state index contributed by atoms with van der Waals surface area (Å²) in [4.78, 5) is 6.76. The van der Waals surface area contributed by atoms with E-state index in [1.807, 2.05) is 6.92 Å². The number of aliphatic imine (C=N–C) groups is 1. The first-order valence-electron chi connectivity index (χ1n) is 9.36. The molecule has 0 radical (unpaired) electrons. The van der Waals surface area contributed by atoms with Gasteiger partial charge < -0.3 is 24.4 Å². The zero-order valence-electron chi connectivity index (χ0n) is 16.3. The van der Waals surface area contributed by atoms with Crippen LogP contribution in [-0.4, -0.2) is 64.0 Å². The van der Waals surface area contributed by atoms with Crippen LogP contribution in [0.15, 0.2) is 23.2 Å². The number of nitrogens with one attached hydrogen (secondary N) is 1. The quantitative estimate of drug-likeness (QED) is 0.358. The number of rotatable bonds is 10. The van der Waals surface area contributed by atoms with Crippen LogP contribution in [0.25, 0.3) is 0 Å². The van der Waals surface area contributed by atoms with Gasteiger partial charge in [0.05, 0.1) is 26.4 Å². The van der Waals surface area contributed by atoms with Crippen molar-refractivity contribution in [2.24, 2.45) is 10.9 Å². The van der Waals surface area contributed by atoms with Gasteiger partial charge in [-0.3, -0.25) is 0 Å².